The van der Waals surface area contributed by atoms with E-state index < -0.39 is 35.9 Å². The number of ether oxygens (including phenoxy) is 2. The van der Waals surface area contributed by atoms with Crippen molar-refractivity contribution >= 4 is 6.09 Å². The smallest absolute Gasteiger partial charge is 0.413 e. The molecule has 6 heteroatoms. The van der Waals surface area contributed by atoms with E-state index >= 15 is 0 Å². The number of carbonyl (C=O) groups excluding carboxylic acids is 1. The van der Waals surface area contributed by atoms with Crippen LogP contribution in [0.5, 0.6) is 0 Å². The third kappa shape index (κ3) is 4.18. The second-order valence-electron chi connectivity index (χ2n) is 5.95. The van der Waals surface area contributed by atoms with Gasteiger partial charge >= 0.3 is 6.09 Å². The van der Waals surface area contributed by atoms with Gasteiger partial charge in [0, 0.05) is 0 Å². The Hall–Kier alpha value is -1.14. The van der Waals surface area contributed by atoms with Crippen LogP contribution in [-0.4, -0.2) is 46.7 Å². The normalized spacial score (nSPS) is 23.6. The Morgan fingerprint density at radius 3 is 2.63 bits per heavy atom. The summed E-state index contributed by atoms with van der Waals surface area (Å²) >= 11 is 0. The molecule has 1 atom stereocenters. The molecule has 5 nitrogen and oxygen atoms in total. The molecule has 0 bridgehead atoms. The van der Waals surface area contributed by atoms with Gasteiger partial charge in [-0.1, -0.05) is 0 Å². The van der Waals surface area contributed by atoms with Gasteiger partial charge < -0.3 is 14.6 Å². The van der Waals surface area contributed by atoms with Crippen molar-refractivity contribution in [2.75, 3.05) is 13.2 Å². The van der Waals surface area contributed by atoms with Crippen molar-refractivity contribution in [3.8, 4) is 0 Å². The Morgan fingerprint density at radius 1 is 1.58 bits per heavy atom. The molecule has 1 aliphatic rings. The number of aliphatic hydroxyl groups excluding tert-OH is 1. The van der Waals surface area contributed by atoms with E-state index in [9.17, 15) is 9.18 Å². The maximum absolute atomic E-state index is 13.2. The molecule has 0 spiro atoms. The Balaban J connectivity index is 2.93. The molecule has 110 valence electrons. The van der Waals surface area contributed by atoms with Crippen molar-refractivity contribution in [3.63, 3.8) is 0 Å². The molecule has 19 heavy (non-hydrogen) atoms. The van der Waals surface area contributed by atoms with Gasteiger partial charge in [-0.05, 0) is 40.7 Å². The van der Waals surface area contributed by atoms with E-state index in [1.165, 1.54) is 11.0 Å². The van der Waals surface area contributed by atoms with E-state index in [-0.39, 0.29) is 6.61 Å². The molecular weight excluding hydrogens is 253 g/mol. The minimum atomic E-state index is -0.876. The summed E-state index contributed by atoms with van der Waals surface area (Å²) in [4.78, 5) is 13.5. The minimum Gasteiger partial charge on any atom is -0.444 e. The molecule has 1 saturated heterocycles. The van der Waals surface area contributed by atoms with Gasteiger partial charge in [0.05, 0.1) is 19.3 Å². The zero-order chi connectivity index (χ0) is 14.8. The zero-order valence-corrected chi connectivity index (χ0v) is 12.1. The van der Waals surface area contributed by atoms with Crippen molar-refractivity contribution in [2.45, 2.75) is 52.0 Å². The molecular formula is C13H22FNO4. The monoisotopic (exact) mass is 275 g/mol. The third-order valence-corrected chi connectivity index (χ3v) is 2.63. The molecule has 1 aliphatic heterocycles. The highest BCUT2D eigenvalue weighted by atomic mass is 19.1. The molecule has 1 N–H and O–H groups in total. The van der Waals surface area contributed by atoms with Crippen LogP contribution in [0.3, 0.4) is 0 Å². The summed E-state index contributed by atoms with van der Waals surface area (Å²) in [6.07, 6.45) is 0.612. The molecule has 1 fully saturated rings. The topological polar surface area (TPSA) is 59.0 Å². The number of hydrogen-bond acceptors (Lipinski definition) is 4. The largest absolute Gasteiger partial charge is 0.444 e. The van der Waals surface area contributed by atoms with E-state index in [1.807, 2.05) is 0 Å². The fraction of sp³-hybridized carbons (Fsp3) is 0.769. The molecule has 1 rings (SSSR count). The van der Waals surface area contributed by atoms with Crippen LogP contribution in [-0.2, 0) is 9.47 Å². The second-order valence-corrected chi connectivity index (χ2v) is 5.95. The summed E-state index contributed by atoms with van der Waals surface area (Å²) in [6, 6.07) is -0.586. The predicted molar refractivity (Wildman–Crippen MR) is 68.2 cm³/mol. The quantitative estimate of drug-likeness (QED) is 0.839. The van der Waals surface area contributed by atoms with Crippen LogP contribution in [0, 0.1) is 0 Å². The summed E-state index contributed by atoms with van der Waals surface area (Å²) < 4.78 is 24.0. The lowest BCUT2D eigenvalue weighted by Gasteiger charge is -2.34. The molecule has 0 aromatic carbocycles. The van der Waals surface area contributed by atoms with E-state index in [4.69, 9.17) is 14.6 Å². The van der Waals surface area contributed by atoms with Crippen LogP contribution in [0.2, 0.25) is 0 Å². The number of amides is 1. The average Bonchev–Trinajstić information content (AvgIpc) is 2.51. The van der Waals surface area contributed by atoms with Gasteiger partial charge in [0.1, 0.15) is 17.2 Å². The highest BCUT2D eigenvalue weighted by molar-refractivity contribution is 5.70. The second kappa shape index (κ2) is 5.46. The van der Waals surface area contributed by atoms with Gasteiger partial charge in [-0.3, -0.25) is 4.90 Å². The van der Waals surface area contributed by atoms with Crippen molar-refractivity contribution in [3.05, 3.63) is 11.9 Å². The van der Waals surface area contributed by atoms with Gasteiger partial charge in [0.2, 0.25) is 0 Å². The van der Waals surface area contributed by atoms with Crippen LogP contribution in [0.1, 0.15) is 34.6 Å². The lowest BCUT2D eigenvalue weighted by atomic mass is 10.2. The number of aliphatic hydroxyl groups is 1. The molecule has 0 aliphatic carbocycles. The zero-order valence-electron chi connectivity index (χ0n) is 12.1. The first kappa shape index (κ1) is 15.9. The highest BCUT2D eigenvalue weighted by Gasteiger charge is 2.45. The fourth-order valence-electron chi connectivity index (χ4n) is 1.88. The average molecular weight is 275 g/mol. The van der Waals surface area contributed by atoms with E-state index in [0.29, 0.717) is 0 Å². The highest BCUT2D eigenvalue weighted by Crippen LogP contribution is 2.30. The van der Waals surface area contributed by atoms with Crippen LogP contribution >= 0.6 is 0 Å². The fourth-order valence-corrected chi connectivity index (χ4v) is 1.88. The Morgan fingerprint density at radius 2 is 2.16 bits per heavy atom. The van der Waals surface area contributed by atoms with E-state index in [1.54, 1.807) is 34.6 Å². The maximum Gasteiger partial charge on any atom is 0.413 e. The molecule has 1 heterocycles. The lowest BCUT2D eigenvalue weighted by molar-refractivity contribution is -0.0611. The first-order chi connectivity index (χ1) is 8.57. The molecule has 0 saturated carbocycles. The van der Waals surface area contributed by atoms with E-state index in [0.717, 1.165) is 0 Å². The summed E-state index contributed by atoms with van der Waals surface area (Å²) in [5.74, 6) is -0.695. The Kier molecular flexibility index (Phi) is 4.58. The Bertz CT molecular complexity index is 373. The predicted octanol–water partition coefficient (Wildman–Crippen LogP) is 2.20. The first-order valence-corrected chi connectivity index (χ1v) is 6.20. The number of hydrogen-bond donors (Lipinski definition) is 1. The summed E-state index contributed by atoms with van der Waals surface area (Å²) in [6.45, 7) is 8.16. The number of rotatable bonds is 2. The SMILES string of the molecule is CC(C)(C)OC(=O)N1[C@H](C=C(F)CO)COC1(C)C. The molecule has 0 aromatic rings. The molecule has 1 amide bonds. The van der Waals surface area contributed by atoms with Crippen molar-refractivity contribution in [1.82, 2.24) is 4.90 Å². The number of nitrogens with zero attached hydrogens (tertiary/aromatic N) is 1. The van der Waals surface area contributed by atoms with Gasteiger partial charge in [0.15, 0.2) is 0 Å². The summed E-state index contributed by atoms with van der Waals surface area (Å²) in [5.41, 5.74) is -1.52. The van der Waals surface area contributed by atoms with Crippen LogP contribution in [0.15, 0.2) is 11.9 Å². The summed E-state index contributed by atoms with van der Waals surface area (Å²) in [5, 5.41) is 8.72. The van der Waals surface area contributed by atoms with Gasteiger partial charge in [0.25, 0.3) is 0 Å². The Labute approximate surface area is 113 Å². The van der Waals surface area contributed by atoms with Crippen molar-refractivity contribution in [2.24, 2.45) is 0 Å². The number of halogens is 1. The number of carbonyl (C=O) groups is 1. The van der Waals surface area contributed by atoms with Crippen LogP contribution < -0.4 is 0 Å². The first-order valence-electron chi connectivity index (χ1n) is 6.20. The van der Waals surface area contributed by atoms with E-state index in [2.05, 4.69) is 0 Å². The van der Waals surface area contributed by atoms with Crippen molar-refractivity contribution in [1.29, 1.82) is 0 Å². The van der Waals surface area contributed by atoms with Crippen LogP contribution in [0.4, 0.5) is 9.18 Å². The standard InChI is InChI=1S/C13H22FNO4/c1-12(2,3)19-11(17)15-10(6-9(14)7-16)8-18-13(15,4)5/h6,10,16H,7-8H2,1-5H3/t10-/m1/s1. The van der Waals surface area contributed by atoms with Gasteiger partial charge in [-0.15, -0.1) is 0 Å². The van der Waals surface area contributed by atoms with Crippen LogP contribution in [0.25, 0.3) is 0 Å². The molecule has 0 radical (unpaired) electrons. The van der Waals surface area contributed by atoms with Crippen molar-refractivity contribution < 1.29 is 23.8 Å². The maximum atomic E-state index is 13.2. The molecule has 0 unspecified atom stereocenters. The minimum absolute atomic E-state index is 0.166. The van der Waals surface area contributed by atoms with Gasteiger partial charge in [-0.2, -0.15) is 0 Å². The molecule has 0 aromatic heterocycles. The third-order valence-electron chi connectivity index (χ3n) is 2.63. The lowest BCUT2D eigenvalue weighted by Crippen LogP contribution is -2.49. The summed E-state index contributed by atoms with van der Waals surface area (Å²) in [7, 11) is 0. The van der Waals surface area contributed by atoms with Gasteiger partial charge in [-0.25, -0.2) is 9.18 Å².